The zero-order valence-corrected chi connectivity index (χ0v) is 11.6. The number of amides is 1. The molecular weight excluding hydrogens is 264 g/mol. The fourth-order valence-electron chi connectivity index (χ4n) is 2.61. The summed E-state index contributed by atoms with van der Waals surface area (Å²) in [6, 6.07) is 14.9. The average molecular weight is 282 g/mol. The van der Waals surface area contributed by atoms with E-state index in [0.29, 0.717) is 23.7 Å². The van der Waals surface area contributed by atoms with Crippen LogP contribution in [0.15, 0.2) is 48.5 Å². The SMILES string of the molecule is Nc1ccc(O)c(CNC(=O)C2CC2c2ccccc2)c1. The van der Waals surface area contributed by atoms with E-state index in [2.05, 4.69) is 17.4 Å². The number of hydrogen-bond acceptors (Lipinski definition) is 3. The highest BCUT2D eigenvalue weighted by Gasteiger charge is 2.43. The Hall–Kier alpha value is -2.49. The molecule has 2 unspecified atom stereocenters. The number of phenols is 1. The molecule has 0 radical (unpaired) electrons. The maximum atomic E-state index is 12.1. The van der Waals surface area contributed by atoms with Gasteiger partial charge in [-0.05, 0) is 36.1 Å². The van der Waals surface area contributed by atoms with Crippen molar-refractivity contribution >= 4 is 11.6 Å². The van der Waals surface area contributed by atoms with E-state index in [0.717, 1.165) is 6.42 Å². The van der Waals surface area contributed by atoms with Crippen LogP contribution in [-0.2, 0) is 11.3 Å². The van der Waals surface area contributed by atoms with Crippen LogP contribution < -0.4 is 11.1 Å². The van der Waals surface area contributed by atoms with Gasteiger partial charge in [0.1, 0.15) is 5.75 Å². The van der Waals surface area contributed by atoms with Crippen molar-refractivity contribution in [3.8, 4) is 5.75 Å². The Labute approximate surface area is 123 Å². The summed E-state index contributed by atoms with van der Waals surface area (Å²) >= 11 is 0. The highest BCUT2D eigenvalue weighted by atomic mass is 16.3. The standard InChI is InChI=1S/C17H18N2O2/c18-13-6-7-16(20)12(8-13)10-19-17(21)15-9-14(15)11-4-2-1-3-5-11/h1-8,14-15,20H,9-10,18H2,(H,19,21). The molecule has 1 aliphatic rings. The number of nitrogen functional groups attached to an aromatic ring is 1. The lowest BCUT2D eigenvalue weighted by atomic mass is 10.1. The predicted octanol–water partition coefficient (Wildman–Crippen LogP) is 2.39. The molecule has 2 atom stereocenters. The van der Waals surface area contributed by atoms with Gasteiger partial charge >= 0.3 is 0 Å². The second kappa shape index (κ2) is 5.48. The molecule has 0 bridgehead atoms. The van der Waals surface area contributed by atoms with Gasteiger partial charge in [0.2, 0.25) is 5.91 Å². The van der Waals surface area contributed by atoms with Crippen molar-refractivity contribution in [3.63, 3.8) is 0 Å². The molecular formula is C17H18N2O2. The molecule has 21 heavy (non-hydrogen) atoms. The number of aromatic hydroxyl groups is 1. The topological polar surface area (TPSA) is 75.3 Å². The summed E-state index contributed by atoms with van der Waals surface area (Å²) in [5.74, 6) is 0.543. The van der Waals surface area contributed by atoms with Crippen LogP contribution in [0, 0.1) is 5.92 Å². The van der Waals surface area contributed by atoms with Crippen LogP contribution in [0.2, 0.25) is 0 Å². The summed E-state index contributed by atoms with van der Waals surface area (Å²) in [6.45, 7) is 0.299. The van der Waals surface area contributed by atoms with Crippen LogP contribution in [0.4, 0.5) is 5.69 Å². The Morgan fingerprint density at radius 2 is 2.00 bits per heavy atom. The first kappa shape index (κ1) is 13.5. The molecule has 4 heteroatoms. The molecule has 0 heterocycles. The Bertz CT molecular complexity index is 655. The third-order valence-corrected chi connectivity index (χ3v) is 3.91. The van der Waals surface area contributed by atoms with E-state index < -0.39 is 0 Å². The Balaban J connectivity index is 1.58. The molecule has 0 spiro atoms. The van der Waals surface area contributed by atoms with Crippen molar-refractivity contribution in [3.05, 3.63) is 59.7 Å². The van der Waals surface area contributed by atoms with Gasteiger partial charge in [-0.25, -0.2) is 0 Å². The van der Waals surface area contributed by atoms with Crippen LogP contribution in [0.1, 0.15) is 23.5 Å². The zero-order valence-electron chi connectivity index (χ0n) is 11.6. The van der Waals surface area contributed by atoms with Gasteiger partial charge in [0.15, 0.2) is 0 Å². The third kappa shape index (κ3) is 2.99. The van der Waals surface area contributed by atoms with Crippen molar-refractivity contribution in [2.75, 3.05) is 5.73 Å². The van der Waals surface area contributed by atoms with Crippen molar-refractivity contribution in [1.82, 2.24) is 5.32 Å². The summed E-state index contributed by atoms with van der Waals surface area (Å²) in [5.41, 5.74) is 8.11. The van der Waals surface area contributed by atoms with E-state index in [1.807, 2.05) is 18.2 Å². The van der Waals surface area contributed by atoms with Crippen LogP contribution in [-0.4, -0.2) is 11.0 Å². The van der Waals surface area contributed by atoms with Crippen molar-refractivity contribution in [2.24, 2.45) is 5.92 Å². The summed E-state index contributed by atoms with van der Waals surface area (Å²) in [6.07, 6.45) is 0.888. The Kier molecular flexibility index (Phi) is 3.52. The minimum absolute atomic E-state index is 0.0330. The van der Waals surface area contributed by atoms with Gasteiger partial charge in [-0.2, -0.15) is 0 Å². The van der Waals surface area contributed by atoms with E-state index in [1.165, 1.54) is 5.56 Å². The fourth-order valence-corrected chi connectivity index (χ4v) is 2.61. The molecule has 4 nitrogen and oxygen atoms in total. The van der Waals surface area contributed by atoms with Gasteiger partial charge in [0.05, 0.1) is 0 Å². The lowest BCUT2D eigenvalue weighted by Gasteiger charge is -2.08. The van der Waals surface area contributed by atoms with Crippen molar-refractivity contribution in [2.45, 2.75) is 18.9 Å². The van der Waals surface area contributed by atoms with E-state index >= 15 is 0 Å². The first-order chi connectivity index (χ1) is 10.1. The molecule has 0 saturated heterocycles. The van der Waals surface area contributed by atoms with Crippen LogP contribution in [0.25, 0.3) is 0 Å². The highest BCUT2D eigenvalue weighted by molar-refractivity contribution is 5.83. The lowest BCUT2D eigenvalue weighted by Crippen LogP contribution is -2.25. The first-order valence-electron chi connectivity index (χ1n) is 7.05. The lowest BCUT2D eigenvalue weighted by molar-refractivity contribution is -0.122. The van der Waals surface area contributed by atoms with Gasteiger partial charge in [0.25, 0.3) is 0 Å². The molecule has 4 N–H and O–H groups in total. The van der Waals surface area contributed by atoms with Crippen molar-refractivity contribution in [1.29, 1.82) is 0 Å². The highest BCUT2D eigenvalue weighted by Crippen LogP contribution is 2.47. The van der Waals surface area contributed by atoms with E-state index in [1.54, 1.807) is 18.2 Å². The summed E-state index contributed by atoms with van der Waals surface area (Å²) in [4.78, 5) is 12.1. The molecule has 2 aromatic carbocycles. The minimum atomic E-state index is 0.0330. The van der Waals surface area contributed by atoms with Crippen LogP contribution >= 0.6 is 0 Å². The quantitative estimate of drug-likeness (QED) is 0.595. The first-order valence-corrected chi connectivity index (χ1v) is 7.05. The molecule has 1 saturated carbocycles. The largest absolute Gasteiger partial charge is 0.508 e. The maximum absolute atomic E-state index is 12.1. The summed E-state index contributed by atoms with van der Waals surface area (Å²) < 4.78 is 0. The van der Waals surface area contributed by atoms with Crippen LogP contribution in [0.5, 0.6) is 5.75 Å². The number of carbonyl (C=O) groups excluding carboxylic acids is 1. The average Bonchev–Trinajstić information content (AvgIpc) is 3.29. The molecule has 2 aromatic rings. The normalized spacial score (nSPS) is 20.0. The number of carbonyl (C=O) groups is 1. The van der Waals surface area contributed by atoms with Crippen LogP contribution in [0.3, 0.4) is 0 Å². The molecule has 0 aliphatic heterocycles. The number of benzene rings is 2. The third-order valence-electron chi connectivity index (χ3n) is 3.91. The maximum Gasteiger partial charge on any atom is 0.224 e. The zero-order chi connectivity index (χ0) is 14.8. The molecule has 1 amide bonds. The molecule has 1 aliphatic carbocycles. The van der Waals surface area contributed by atoms with E-state index in [4.69, 9.17) is 5.73 Å². The van der Waals surface area contributed by atoms with Gasteiger partial charge in [-0.1, -0.05) is 30.3 Å². The van der Waals surface area contributed by atoms with E-state index in [9.17, 15) is 9.90 Å². The van der Waals surface area contributed by atoms with Gasteiger partial charge in [-0.15, -0.1) is 0 Å². The minimum Gasteiger partial charge on any atom is -0.508 e. The second-order valence-electron chi connectivity index (χ2n) is 5.47. The Morgan fingerprint density at radius 1 is 1.24 bits per heavy atom. The number of hydrogen-bond donors (Lipinski definition) is 3. The number of nitrogens with two attached hydrogens (primary N) is 1. The summed E-state index contributed by atoms with van der Waals surface area (Å²) in [7, 11) is 0. The predicted molar refractivity (Wildman–Crippen MR) is 81.7 cm³/mol. The second-order valence-corrected chi connectivity index (χ2v) is 5.47. The summed E-state index contributed by atoms with van der Waals surface area (Å²) in [5, 5.41) is 12.6. The number of rotatable bonds is 4. The monoisotopic (exact) mass is 282 g/mol. The number of phenolic OH excluding ortho intramolecular Hbond substituents is 1. The smallest absolute Gasteiger partial charge is 0.224 e. The van der Waals surface area contributed by atoms with Gasteiger partial charge in [0, 0.05) is 23.7 Å². The van der Waals surface area contributed by atoms with Gasteiger partial charge in [-0.3, -0.25) is 4.79 Å². The Morgan fingerprint density at radius 3 is 2.76 bits per heavy atom. The molecule has 3 rings (SSSR count). The molecule has 1 fully saturated rings. The fraction of sp³-hybridized carbons (Fsp3) is 0.235. The molecule has 108 valence electrons. The number of nitrogens with one attached hydrogen (secondary N) is 1. The number of anilines is 1. The van der Waals surface area contributed by atoms with Crippen molar-refractivity contribution < 1.29 is 9.90 Å². The van der Waals surface area contributed by atoms with Gasteiger partial charge < -0.3 is 16.2 Å². The molecule has 0 aromatic heterocycles. The van der Waals surface area contributed by atoms with E-state index in [-0.39, 0.29) is 17.6 Å².